The van der Waals surface area contributed by atoms with Crippen molar-refractivity contribution < 1.29 is 19.1 Å². The summed E-state index contributed by atoms with van der Waals surface area (Å²) >= 11 is 4.43. The van der Waals surface area contributed by atoms with Gasteiger partial charge in [0.05, 0.1) is 10.3 Å². The molecular formula is C12H12BrFN2O3S. The average molecular weight is 363 g/mol. The Morgan fingerprint density at radius 2 is 2.25 bits per heavy atom. The van der Waals surface area contributed by atoms with Gasteiger partial charge >= 0.3 is 12.0 Å². The Hall–Kier alpha value is -1.28. The molecule has 2 rings (SSSR count). The second kappa shape index (κ2) is 6.01. The zero-order valence-corrected chi connectivity index (χ0v) is 12.9. The van der Waals surface area contributed by atoms with E-state index >= 15 is 0 Å². The number of hydrogen-bond acceptors (Lipinski definition) is 3. The highest BCUT2D eigenvalue weighted by molar-refractivity contribution is 9.10. The maximum Gasteiger partial charge on any atom is 0.327 e. The predicted molar refractivity (Wildman–Crippen MR) is 78.4 cm³/mol. The standard InChI is InChI=1S/C12H12BrFN2O3S/c1-6-2-7(13)8(14)3-9(6)15-12(19)16-5-20-4-10(16)11(17)18/h2-3,10H,4-5H2,1H3,(H,15,19)(H,17,18)/t10-/m0/s1. The van der Waals surface area contributed by atoms with Crippen molar-refractivity contribution in [2.75, 3.05) is 16.9 Å². The summed E-state index contributed by atoms with van der Waals surface area (Å²) in [6.07, 6.45) is 0. The van der Waals surface area contributed by atoms with Gasteiger partial charge in [0.25, 0.3) is 0 Å². The lowest BCUT2D eigenvalue weighted by molar-refractivity contribution is -0.140. The summed E-state index contributed by atoms with van der Waals surface area (Å²) in [5.74, 6) is -0.863. The number of nitrogens with one attached hydrogen (secondary N) is 1. The van der Waals surface area contributed by atoms with Crippen molar-refractivity contribution in [2.45, 2.75) is 13.0 Å². The Labute approximate surface area is 127 Å². The summed E-state index contributed by atoms with van der Waals surface area (Å²) < 4.78 is 13.8. The number of carboxylic acids is 1. The number of carbonyl (C=O) groups excluding carboxylic acids is 1. The van der Waals surface area contributed by atoms with E-state index in [2.05, 4.69) is 21.2 Å². The molecule has 1 fully saturated rings. The molecule has 0 bridgehead atoms. The monoisotopic (exact) mass is 362 g/mol. The van der Waals surface area contributed by atoms with Crippen LogP contribution in [0.3, 0.4) is 0 Å². The van der Waals surface area contributed by atoms with Crippen LogP contribution in [0, 0.1) is 12.7 Å². The van der Waals surface area contributed by atoms with E-state index in [1.54, 1.807) is 13.0 Å². The number of anilines is 1. The van der Waals surface area contributed by atoms with E-state index in [0.29, 0.717) is 27.4 Å². The number of hydrogen-bond donors (Lipinski definition) is 2. The van der Waals surface area contributed by atoms with Crippen LogP contribution in [-0.4, -0.2) is 39.7 Å². The first kappa shape index (κ1) is 15.1. The van der Waals surface area contributed by atoms with E-state index in [1.807, 2.05) is 0 Å². The SMILES string of the molecule is Cc1cc(Br)c(F)cc1NC(=O)N1CSC[C@H]1C(=O)O. The smallest absolute Gasteiger partial charge is 0.327 e. The molecule has 0 radical (unpaired) electrons. The van der Waals surface area contributed by atoms with Crippen LogP contribution in [0.4, 0.5) is 14.9 Å². The third kappa shape index (κ3) is 3.06. The molecule has 20 heavy (non-hydrogen) atoms. The molecule has 0 saturated carbocycles. The minimum atomic E-state index is -1.04. The van der Waals surface area contributed by atoms with E-state index in [1.165, 1.54) is 22.7 Å². The Morgan fingerprint density at radius 3 is 2.90 bits per heavy atom. The van der Waals surface area contributed by atoms with Crippen LogP contribution in [-0.2, 0) is 4.79 Å². The highest BCUT2D eigenvalue weighted by atomic mass is 79.9. The van der Waals surface area contributed by atoms with Crippen LogP contribution in [0.15, 0.2) is 16.6 Å². The molecule has 1 aliphatic heterocycles. The van der Waals surface area contributed by atoms with Crippen LogP contribution in [0.5, 0.6) is 0 Å². The lowest BCUT2D eigenvalue weighted by atomic mass is 10.2. The second-order valence-electron chi connectivity index (χ2n) is 4.34. The van der Waals surface area contributed by atoms with Crippen LogP contribution >= 0.6 is 27.7 Å². The molecule has 1 aliphatic rings. The van der Waals surface area contributed by atoms with Gasteiger partial charge in [-0.2, -0.15) is 0 Å². The van der Waals surface area contributed by atoms with Crippen LogP contribution in [0.1, 0.15) is 5.56 Å². The van der Waals surface area contributed by atoms with Gasteiger partial charge in [-0.15, -0.1) is 11.8 Å². The summed E-state index contributed by atoms with van der Waals surface area (Å²) in [7, 11) is 0. The number of aryl methyl sites for hydroxylation is 1. The van der Waals surface area contributed by atoms with Crippen LogP contribution < -0.4 is 5.32 Å². The van der Waals surface area contributed by atoms with Gasteiger partial charge in [-0.25, -0.2) is 14.0 Å². The van der Waals surface area contributed by atoms with Gasteiger partial charge < -0.3 is 15.3 Å². The fourth-order valence-corrected chi connectivity index (χ4v) is 3.42. The summed E-state index contributed by atoms with van der Waals surface area (Å²) in [6, 6.07) is 1.38. The summed E-state index contributed by atoms with van der Waals surface area (Å²) in [6.45, 7) is 1.73. The highest BCUT2D eigenvalue weighted by Gasteiger charge is 2.34. The minimum Gasteiger partial charge on any atom is -0.480 e. The van der Waals surface area contributed by atoms with Gasteiger partial charge in [-0.05, 0) is 40.5 Å². The number of urea groups is 1. The molecule has 0 spiro atoms. The maximum atomic E-state index is 13.5. The molecule has 1 heterocycles. The fourth-order valence-electron chi connectivity index (χ4n) is 1.82. The molecule has 1 saturated heterocycles. The molecule has 2 N–H and O–H groups in total. The zero-order chi connectivity index (χ0) is 14.9. The van der Waals surface area contributed by atoms with E-state index in [4.69, 9.17) is 5.11 Å². The number of aliphatic carboxylic acids is 1. The van der Waals surface area contributed by atoms with Crippen molar-refractivity contribution in [3.05, 3.63) is 28.0 Å². The lowest BCUT2D eigenvalue weighted by Gasteiger charge is -2.21. The van der Waals surface area contributed by atoms with Crippen molar-refractivity contribution in [1.29, 1.82) is 0 Å². The van der Waals surface area contributed by atoms with E-state index < -0.39 is 23.9 Å². The highest BCUT2D eigenvalue weighted by Crippen LogP contribution is 2.26. The number of carbonyl (C=O) groups is 2. The second-order valence-corrected chi connectivity index (χ2v) is 6.19. The first-order chi connectivity index (χ1) is 9.40. The number of carboxylic acid groups (broad SMARTS) is 1. The summed E-state index contributed by atoms with van der Waals surface area (Å²) in [4.78, 5) is 24.3. The molecular weight excluding hydrogens is 351 g/mol. The molecule has 108 valence electrons. The Morgan fingerprint density at radius 1 is 1.55 bits per heavy atom. The molecule has 1 aromatic carbocycles. The van der Waals surface area contributed by atoms with E-state index in [-0.39, 0.29) is 0 Å². The molecule has 0 aliphatic carbocycles. The molecule has 1 atom stereocenters. The number of halogens is 2. The van der Waals surface area contributed by atoms with E-state index in [9.17, 15) is 14.0 Å². The lowest BCUT2D eigenvalue weighted by Crippen LogP contribution is -2.44. The fraction of sp³-hybridized carbons (Fsp3) is 0.333. The van der Waals surface area contributed by atoms with Gasteiger partial charge in [0.1, 0.15) is 11.9 Å². The van der Waals surface area contributed by atoms with Gasteiger partial charge in [-0.1, -0.05) is 0 Å². The third-order valence-corrected chi connectivity index (χ3v) is 4.56. The molecule has 8 heteroatoms. The van der Waals surface area contributed by atoms with Crippen LogP contribution in [0.25, 0.3) is 0 Å². The zero-order valence-electron chi connectivity index (χ0n) is 10.5. The summed E-state index contributed by atoms with van der Waals surface area (Å²) in [5.41, 5.74) is 1.02. The van der Waals surface area contributed by atoms with Crippen molar-refractivity contribution in [3.63, 3.8) is 0 Å². The largest absolute Gasteiger partial charge is 0.480 e. The molecule has 1 aromatic rings. The predicted octanol–water partition coefficient (Wildman–Crippen LogP) is 2.89. The molecule has 0 aromatic heterocycles. The van der Waals surface area contributed by atoms with Gasteiger partial charge in [0.15, 0.2) is 0 Å². The van der Waals surface area contributed by atoms with Gasteiger partial charge in [-0.3, -0.25) is 0 Å². The third-order valence-electron chi connectivity index (χ3n) is 2.94. The topological polar surface area (TPSA) is 69.6 Å². The van der Waals surface area contributed by atoms with Crippen molar-refractivity contribution in [2.24, 2.45) is 0 Å². The van der Waals surface area contributed by atoms with Gasteiger partial charge in [0.2, 0.25) is 0 Å². The number of rotatable bonds is 2. The van der Waals surface area contributed by atoms with Crippen LogP contribution in [0.2, 0.25) is 0 Å². The Kier molecular flexibility index (Phi) is 4.54. The number of nitrogens with zero attached hydrogens (tertiary/aromatic N) is 1. The van der Waals surface area contributed by atoms with Crippen molar-refractivity contribution >= 4 is 45.4 Å². The molecule has 5 nitrogen and oxygen atoms in total. The maximum absolute atomic E-state index is 13.5. The normalized spacial score (nSPS) is 18.1. The molecule has 2 amide bonds. The quantitative estimate of drug-likeness (QED) is 0.848. The number of benzene rings is 1. The number of thioether (sulfide) groups is 1. The van der Waals surface area contributed by atoms with Gasteiger partial charge in [0, 0.05) is 11.4 Å². The average Bonchev–Trinajstić information content (AvgIpc) is 2.85. The summed E-state index contributed by atoms with van der Waals surface area (Å²) in [5, 5.41) is 11.6. The molecule has 0 unspecified atom stereocenters. The van der Waals surface area contributed by atoms with Crippen molar-refractivity contribution in [3.8, 4) is 0 Å². The first-order valence-electron chi connectivity index (χ1n) is 5.74. The number of amides is 2. The first-order valence-corrected chi connectivity index (χ1v) is 7.68. The minimum absolute atomic E-state index is 0.306. The Bertz CT molecular complexity index is 570. The van der Waals surface area contributed by atoms with Crippen molar-refractivity contribution in [1.82, 2.24) is 4.90 Å². The Balaban J connectivity index is 2.16. The van der Waals surface area contributed by atoms with E-state index in [0.717, 1.165) is 0 Å².